The minimum Gasteiger partial charge on any atom is -0.357 e. The zero-order valence-corrected chi connectivity index (χ0v) is 13.5. The lowest BCUT2D eigenvalue weighted by Gasteiger charge is -2.08. The van der Waals surface area contributed by atoms with Crippen LogP contribution in [0, 0.1) is 20.8 Å². The molecule has 2 aromatic heterocycles. The largest absolute Gasteiger partial charge is 0.357 e. The number of hydrogen-bond acceptors (Lipinski definition) is 2. The Morgan fingerprint density at radius 1 is 1.22 bits per heavy atom. The number of H-pyrrole nitrogens is 2. The summed E-state index contributed by atoms with van der Waals surface area (Å²) in [5.41, 5.74) is 4.26. The van der Waals surface area contributed by atoms with E-state index in [4.69, 9.17) is 0 Å². The van der Waals surface area contributed by atoms with Crippen LogP contribution in [0.1, 0.15) is 23.5 Å². The number of carbonyl (C=O) groups is 1. The van der Waals surface area contributed by atoms with Gasteiger partial charge in [0.05, 0.1) is 11.2 Å². The number of rotatable bonds is 4. The Kier molecular flexibility index (Phi) is 3.82. The van der Waals surface area contributed by atoms with E-state index in [0.717, 1.165) is 33.7 Å². The van der Waals surface area contributed by atoms with Crippen molar-refractivity contribution >= 4 is 22.5 Å². The Morgan fingerprint density at radius 2 is 2.00 bits per heavy atom. The number of aromatic amines is 2. The summed E-state index contributed by atoms with van der Waals surface area (Å²) < 4.78 is 1.59. The lowest BCUT2D eigenvalue weighted by Crippen LogP contribution is -2.22. The maximum absolute atomic E-state index is 12.2. The molecule has 23 heavy (non-hydrogen) atoms. The van der Waals surface area contributed by atoms with E-state index in [1.807, 2.05) is 45.0 Å². The first-order valence-corrected chi connectivity index (χ1v) is 7.60. The third kappa shape index (κ3) is 2.92. The third-order valence-electron chi connectivity index (χ3n) is 4.11. The highest BCUT2D eigenvalue weighted by atomic mass is 16.2. The molecular formula is C17H20N4O2. The summed E-state index contributed by atoms with van der Waals surface area (Å²) in [5.74, 6) is -0.116. The van der Waals surface area contributed by atoms with Crippen molar-refractivity contribution in [2.45, 2.75) is 33.7 Å². The van der Waals surface area contributed by atoms with Gasteiger partial charge in [0.2, 0.25) is 5.91 Å². The molecule has 1 amide bonds. The summed E-state index contributed by atoms with van der Waals surface area (Å²) in [5, 5.41) is 3.98. The Morgan fingerprint density at radius 3 is 2.70 bits per heavy atom. The van der Waals surface area contributed by atoms with Crippen molar-refractivity contribution in [2.75, 3.05) is 5.32 Å². The fourth-order valence-corrected chi connectivity index (χ4v) is 2.77. The topological polar surface area (TPSA) is 82.7 Å². The molecule has 0 atom stereocenters. The summed E-state index contributed by atoms with van der Waals surface area (Å²) in [6.07, 6.45) is 0.244. The number of nitrogens with one attached hydrogen (secondary N) is 3. The number of nitrogens with zero attached hydrogens (tertiary/aromatic N) is 1. The molecule has 0 aliphatic heterocycles. The number of anilines is 1. The maximum atomic E-state index is 12.2. The number of hydrogen-bond donors (Lipinski definition) is 3. The van der Waals surface area contributed by atoms with Crippen LogP contribution in [-0.2, 0) is 11.3 Å². The monoisotopic (exact) mass is 312 g/mol. The molecule has 1 aromatic carbocycles. The second kappa shape index (κ2) is 5.79. The predicted octanol–water partition coefficient (Wildman–Crippen LogP) is 2.61. The van der Waals surface area contributed by atoms with Crippen LogP contribution >= 0.6 is 0 Å². The molecule has 0 radical (unpaired) electrons. The molecule has 120 valence electrons. The highest BCUT2D eigenvalue weighted by molar-refractivity contribution is 6.00. The molecule has 0 spiro atoms. The maximum Gasteiger partial charge on any atom is 0.325 e. The molecule has 6 nitrogen and oxygen atoms in total. The molecule has 0 unspecified atom stereocenters. The Balaban J connectivity index is 1.73. The van der Waals surface area contributed by atoms with Crippen LogP contribution in [0.25, 0.3) is 10.9 Å². The smallest absolute Gasteiger partial charge is 0.325 e. The van der Waals surface area contributed by atoms with Crippen molar-refractivity contribution in [1.29, 1.82) is 0 Å². The van der Waals surface area contributed by atoms with E-state index in [0.29, 0.717) is 6.54 Å². The molecule has 3 rings (SSSR count). The van der Waals surface area contributed by atoms with Crippen LogP contribution in [-0.4, -0.2) is 20.4 Å². The van der Waals surface area contributed by atoms with Gasteiger partial charge in [-0.25, -0.2) is 4.79 Å². The number of aromatic nitrogens is 3. The van der Waals surface area contributed by atoms with Crippen molar-refractivity contribution in [1.82, 2.24) is 14.5 Å². The van der Waals surface area contributed by atoms with Crippen LogP contribution in [0.15, 0.2) is 29.1 Å². The SMILES string of the molecule is Cc1cc2cccc(NC(=O)CCn3c(C)c(C)[nH]c3=O)c2[nH]1. The van der Waals surface area contributed by atoms with Crippen molar-refractivity contribution < 1.29 is 4.79 Å². The van der Waals surface area contributed by atoms with E-state index < -0.39 is 0 Å². The lowest BCUT2D eigenvalue weighted by atomic mass is 10.2. The summed E-state index contributed by atoms with van der Waals surface area (Å²) in [4.78, 5) is 30.0. The number of aryl methyl sites for hydroxylation is 2. The minimum absolute atomic E-state index is 0.116. The Bertz CT molecular complexity index is 930. The molecule has 0 saturated heterocycles. The predicted molar refractivity (Wildman–Crippen MR) is 90.8 cm³/mol. The first-order valence-electron chi connectivity index (χ1n) is 7.60. The van der Waals surface area contributed by atoms with Gasteiger partial charge in [-0.3, -0.25) is 9.36 Å². The fraction of sp³-hybridized carbons (Fsp3) is 0.294. The number of carbonyl (C=O) groups excluding carboxylic acids is 1. The molecule has 0 aliphatic rings. The summed E-state index contributed by atoms with van der Waals surface area (Å²) >= 11 is 0. The number of benzene rings is 1. The van der Waals surface area contributed by atoms with E-state index in [2.05, 4.69) is 15.3 Å². The van der Waals surface area contributed by atoms with Gasteiger partial charge in [-0.1, -0.05) is 12.1 Å². The Labute approximate surface area is 133 Å². The summed E-state index contributed by atoms with van der Waals surface area (Å²) in [6.45, 7) is 6.06. The minimum atomic E-state index is -0.171. The second-order valence-electron chi connectivity index (χ2n) is 5.81. The van der Waals surface area contributed by atoms with Gasteiger partial charge in [-0.2, -0.15) is 0 Å². The molecule has 3 N–H and O–H groups in total. The summed E-state index contributed by atoms with van der Waals surface area (Å²) in [7, 11) is 0. The van der Waals surface area contributed by atoms with Crippen LogP contribution in [0.2, 0.25) is 0 Å². The first-order chi connectivity index (χ1) is 11.0. The van der Waals surface area contributed by atoms with Crippen molar-refractivity contribution in [3.8, 4) is 0 Å². The van der Waals surface area contributed by atoms with Gasteiger partial charge in [0.1, 0.15) is 0 Å². The van der Waals surface area contributed by atoms with Crippen molar-refractivity contribution in [2.24, 2.45) is 0 Å². The highest BCUT2D eigenvalue weighted by Crippen LogP contribution is 2.23. The van der Waals surface area contributed by atoms with Gasteiger partial charge in [0.15, 0.2) is 0 Å². The van der Waals surface area contributed by atoms with Crippen molar-refractivity contribution in [3.63, 3.8) is 0 Å². The van der Waals surface area contributed by atoms with Crippen LogP contribution in [0.3, 0.4) is 0 Å². The molecule has 6 heteroatoms. The van der Waals surface area contributed by atoms with E-state index in [1.54, 1.807) is 4.57 Å². The Hall–Kier alpha value is -2.76. The quantitative estimate of drug-likeness (QED) is 0.692. The normalized spacial score (nSPS) is 11.1. The number of imidazole rings is 1. The van der Waals surface area contributed by atoms with Gasteiger partial charge in [0, 0.05) is 35.4 Å². The first kappa shape index (κ1) is 15.1. The fourth-order valence-electron chi connectivity index (χ4n) is 2.77. The van der Waals surface area contributed by atoms with Gasteiger partial charge < -0.3 is 15.3 Å². The summed E-state index contributed by atoms with van der Waals surface area (Å²) in [6, 6.07) is 7.82. The van der Waals surface area contributed by atoms with Crippen LogP contribution in [0.4, 0.5) is 5.69 Å². The number of amides is 1. The zero-order chi connectivity index (χ0) is 16.6. The average molecular weight is 312 g/mol. The third-order valence-corrected chi connectivity index (χ3v) is 4.11. The van der Waals surface area contributed by atoms with Gasteiger partial charge in [-0.15, -0.1) is 0 Å². The molecule has 0 aliphatic carbocycles. The number of fused-ring (bicyclic) bond motifs is 1. The molecule has 2 heterocycles. The van der Waals surface area contributed by atoms with Crippen molar-refractivity contribution in [3.05, 3.63) is 51.8 Å². The lowest BCUT2D eigenvalue weighted by molar-refractivity contribution is -0.116. The number of para-hydroxylation sites is 1. The van der Waals surface area contributed by atoms with E-state index >= 15 is 0 Å². The second-order valence-corrected chi connectivity index (χ2v) is 5.81. The molecule has 3 aromatic rings. The van der Waals surface area contributed by atoms with E-state index in [9.17, 15) is 9.59 Å². The van der Waals surface area contributed by atoms with Crippen LogP contribution < -0.4 is 11.0 Å². The molecule has 0 bridgehead atoms. The van der Waals surface area contributed by atoms with Crippen LogP contribution in [0.5, 0.6) is 0 Å². The molecule has 0 saturated carbocycles. The van der Waals surface area contributed by atoms with E-state index in [1.165, 1.54) is 0 Å². The average Bonchev–Trinajstić information content (AvgIpc) is 2.98. The van der Waals surface area contributed by atoms with Gasteiger partial charge in [-0.05, 0) is 32.9 Å². The zero-order valence-electron chi connectivity index (χ0n) is 13.5. The van der Waals surface area contributed by atoms with E-state index in [-0.39, 0.29) is 18.0 Å². The molecule has 0 fully saturated rings. The van der Waals surface area contributed by atoms with Gasteiger partial charge in [0.25, 0.3) is 0 Å². The van der Waals surface area contributed by atoms with Gasteiger partial charge >= 0.3 is 5.69 Å². The highest BCUT2D eigenvalue weighted by Gasteiger charge is 2.11. The standard InChI is InChI=1S/C17H20N4O2/c1-10-9-13-5-4-6-14(16(13)18-10)20-15(22)7-8-21-12(3)11(2)19-17(21)23/h4-6,9,18H,7-8H2,1-3H3,(H,19,23)(H,20,22). The molecular weight excluding hydrogens is 292 g/mol.